The van der Waals surface area contributed by atoms with Gasteiger partial charge in [-0.05, 0) is 29.3 Å². The maximum absolute atomic E-state index is 5.92. The van der Waals surface area contributed by atoms with Crippen LogP contribution in [0.4, 0.5) is 0 Å². The van der Waals surface area contributed by atoms with E-state index in [1.165, 1.54) is 29.2 Å². The van der Waals surface area contributed by atoms with E-state index in [4.69, 9.17) is 11.6 Å². The fourth-order valence-corrected chi connectivity index (χ4v) is 2.68. The lowest BCUT2D eigenvalue weighted by Gasteiger charge is -2.22. The smallest absolute Gasteiger partial charge is 0.0351 e. The summed E-state index contributed by atoms with van der Waals surface area (Å²) in [6.45, 7) is 5.32. The van der Waals surface area contributed by atoms with E-state index in [1.54, 1.807) is 0 Å². The van der Waals surface area contributed by atoms with Gasteiger partial charge >= 0.3 is 0 Å². The van der Waals surface area contributed by atoms with Crippen LogP contribution >= 0.6 is 24.0 Å². The molecule has 1 nitrogen and oxygen atoms in total. The molecule has 2 rings (SSSR count). The van der Waals surface area contributed by atoms with Gasteiger partial charge in [-0.25, -0.2) is 0 Å². The number of unbranched alkanes of at least 4 members (excludes halogenated alkanes) is 1. The van der Waals surface area contributed by atoms with E-state index in [9.17, 15) is 0 Å². The summed E-state index contributed by atoms with van der Waals surface area (Å²) in [6, 6.07) is 15.2. The Morgan fingerprint density at radius 3 is 2.50 bits per heavy atom. The fourth-order valence-electron chi connectivity index (χ4n) is 2.44. The van der Waals surface area contributed by atoms with Crippen LogP contribution in [-0.4, -0.2) is 23.9 Å². The fraction of sp³-hybridized carbons (Fsp3) is 0.412. The van der Waals surface area contributed by atoms with Crippen LogP contribution in [0, 0.1) is 0 Å². The summed E-state index contributed by atoms with van der Waals surface area (Å²) in [6.07, 6.45) is 2.47. The minimum atomic E-state index is 0. The molecule has 0 radical (unpaired) electrons. The van der Waals surface area contributed by atoms with Gasteiger partial charge in [0.05, 0.1) is 0 Å². The molecular weight excluding hydrogens is 289 g/mol. The van der Waals surface area contributed by atoms with E-state index in [1.807, 2.05) is 0 Å². The molecule has 0 aliphatic heterocycles. The Bertz CT molecular complexity index is 508. The lowest BCUT2D eigenvalue weighted by Crippen LogP contribution is -2.26. The SMILES string of the molecule is CCCCN(CCCl)Cc1cccc2ccccc12.Cl. The highest BCUT2D eigenvalue weighted by atomic mass is 35.5. The van der Waals surface area contributed by atoms with Crippen molar-refractivity contribution in [2.75, 3.05) is 19.0 Å². The topological polar surface area (TPSA) is 3.24 Å². The van der Waals surface area contributed by atoms with Crippen molar-refractivity contribution in [3.05, 3.63) is 48.0 Å². The Labute approximate surface area is 133 Å². The van der Waals surface area contributed by atoms with E-state index >= 15 is 0 Å². The van der Waals surface area contributed by atoms with Crippen LogP contribution < -0.4 is 0 Å². The lowest BCUT2D eigenvalue weighted by molar-refractivity contribution is 0.278. The molecule has 0 aliphatic carbocycles. The van der Waals surface area contributed by atoms with Crippen molar-refractivity contribution in [1.82, 2.24) is 4.90 Å². The molecule has 110 valence electrons. The molecular formula is C17H23Cl2N. The minimum Gasteiger partial charge on any atom is -0.298 e. The van der Waals surface area contributed by atoms with Gasteiger partial charge in [0, 0.05) is 19.0 Å². The van der Waals surface area contributed by atoms with Crippen molar-refractivity contribution in [1.29, 1.82) is 0 Å². The first-order chi connectivity index (χ1) is 9.35. The zero-order valence-electron chi connectivity index (χ0n) is 12.0. The Morgan fingerprint density at radius 2 is 1.75 bits per heavy atom. The summed E-state index contributed by atoms with van der Waals surface area (Å²) in [5, 5.41) is 2.68. The third-order valence-electron chi connectivity index (χ3n) is 3.50. The number of rotatable bonds is 7. The molecule has 0 unspecified atom stereocenters. The van der Waals surface area contributed by atoms with E-state index in [2.05, 4.69) is 54.3 Å². The molecule has 0 bridgehead atoms. The van der Waals surface area contributed by atoms with Crippen LogP contribution in [0.3, 0.4) is 0 Å². The van der Waals surface area contributed by atoms with Crippen molar-refractivity contribution < 1.29 is 0 Å². The number of hydrogen-bond donors (Lipinski definition) is 0. The molecule has 0 saturated carbocycles. The Kier molecular flexibility index (Phi) is 7.98. The zero-order valence-corrected chi connectivity index (χ0v) is 13.6. The molecule has 0 fully saturated rings. The number of halogens is 2. The predicted octanol–water partition coefficient (Wildman–Crippen LogP) is 5.10. The first kappa shape index (κ1) is 17.3. The van der Waals surface area contributed by atoms with Crippen LogP contribution in [0.15, 0.2) is 42.5 Å². The number of nitrogens with zero attached hydrogens (tertiary/aromatic N) is 1. The van der Waals surface area contributed by atoms with Crippen LogP contribution in [0.5, 0.6) is 0 Å². The zero-order chi connectivity index (χ0) is 13.5. The molecule has 0 atom stereocenters. The molecule has 0 spiro atoms. The van der Waals surface area contributed by atoms with Crippen molar-refractivity contribution in [2.24, 2.45) is 0 Å². The van der Waals surface area contributed by atoms with Gasteiger partial charge < -0.3 is 0 Å². The molecule has 0 N–H and O–H groups in total. The van der Waals surface area contributed by atoms with Gasteiger partial charge in [-0.1, -0.05) is 55.8 Å². The Balaban J connectivity index is 0.00000200. The molecule has 20 heavy (non-hydrogen) atoms. The second-order valence-corrected chi connectivity index (χ2v) is 5.33. The van der Waals surface area contributed by atoms with Gasteiger partial charge in [0.25, 0.3) is 0 Å². The first-order valence-electron chi connectivity index (χ1n) is 7.10. The minimum absolute atomic E-state index is 0. The number of hydrogen-bond acceptors (Lipinski definition) is 1. The summed E-state index contributed by atoms with van der Waals surface area (Å²) >= 11 is 5.92. The largest absolute Gasteiger partial charge is 0.298 e. The van der Waals surface area contributed by atoms with Gasteiger partial charge in [0.1, 0.15) is 0 Å². The molecule has 0 aliphatic rings. The molecule has 0 amide bonds. The summed E-state index contributed by atoms with van der Waals surface area (Å²) < 4.78 is 0. The van der Waals surface area contributed by atoms with Gasteiger partial charge in [0.2, 0.25) is 0 Å². The highest BCUT2D eigenvalue weighted by molar-refractivity contribution is 6.18. The first-order valence-corrected chi connectivity index (χ1v) is 7.63. The molecule has 3 heteroatoms. The van der Waals surface area contributed by atoms with E-state index in [-0.39, 0.29) is 12.4 Å². The van der Waals surface area contributed by atoms with Crippen molar-refractivity contribution in [3.8, 4) is 0 Å². The highest BCUT2D eigenvalue weighted by Gasteiger charge is 2.07. The maximum Gasteiger partial charge on any atom is 0.0351 e. The second-order valence-electron chi connectivity index (χ2n) is 4.96. The Hall–Kier alpha value is -0.760. The standard InChI is InChI=1S/C17H22ClN.ClH/c1-2-3-12-19(13-11-18)14-16-9-6-8-15-7-4-5-10-17(15)16;/h4-10H,2-3,11-14H2,1H3;1H. The van der Waals surface area contributed by atoms with Crippen LogP contribution in [0.25, 0.3) is 10.8 Å². The van der Waals surface area contributed by atoms with Crippen LogP contribution in [0.1, 0.15) is 25.3 Å². The summed E-state index contributed by atoms with van der Waals surface area (Å²) in [7, 11) is 0. The maximum atomic E-state index is 5.92. The average Bonchev–Trinajstić information content (AvgIpc) is 2.45. The molecule has 0 saturated heterocycles. The lowest BCUT2D eigenvalue weighted by atomic mass is 10.0. The van der Waals surface area contributed by atoms with E-state index in [0.717, 1.165) is 19.6 Å². The van der Waals surface area contributed by atoms with Gasteiger partial charge in [-0.3, -0.25) is 4.90 Å². The van der Waals surface area contributed by atoms with E-state index < -0.39 is 0 Å². The molecule has 0 aromatic heterocycles. The molecule has 2 aromatic rings. The summed E-state index contributed by atoms with van der Waals surface area (Å²) in [5.74, 6) is 0.703. The second kappa shape index (κ2) is 9.23. The molecule has 2 aromatic carbocycles. The van der Waals surface area contributed by atoms with Crippen molar-refractivity contribution in [3.63, 3.8) is 0 Å². The number of fused-ring (bicyclic) bond motifs is 1. The van der Waals surface area contributed by atoms with Crippen LogP contribution in [-0.2, 0) is 6.54 Å². The van der Waals surface area contributed by atoms with Crippen molar-refractivity contribution >= 4 is 34.8 Å². The summed E-state index contributed by atoms with van der Waals surface area (Å²) in [5.41, 5.74) is 1.40. The van der Waals surface area contributed by atoms with Gasteiger partial charge in [-0.15, -0.1) is 24.0 Å². The number of alkyl halides is 1. The third kappa shape index (κ3) is 4.66. The van der Waals surface area contributed by atoms with E-state index in [0.29, 0.717) is 5.88 Å². The number of benzene rings is 2. The monoisotopic (exact) mass is 311 g/mol. The normalized spacial score (nSPS) is 10.8. The highest BCUT2D eigenvalue weighted by Crippen LogP contribution is 2.20. The van der Waals surface area contributed by atoms with Crippen LogP contribution in [0.2, 0.25) is 0 Å². The predicted molar refractivity (Wildman–Crippen MR) is 92.1 cm³/mol. The Morgan fingerprint density at radius 1 is 1.00 bits per heavy atom. The quantitative estimate of drug-likeness (QED) is 0.643. The van der Waals surface area contributed by atoms with Crippen molar-refractivity contribution in [2.45, 2.75) is 26.3 Å². The third-order valence-corrected chi connectivity index (χ3v) is 3.67. The summed E-state index contributed by atoms with van der Waals surface area (Å²) in [4.78, 5) is 2.46. The average molecular weight is 312 g/mol. The van der Waals surface area contributed by atoms with Gasteiger partial charge in [-0.2, -0.15) is 0 Å². The van der Waals surface area contributed by atoms with Gasteiger partial charge in [0.15, 0.2) is 0 Å². The molecule has 0 heterocycles.